The van der Waals surface area contributed by atoms with E-state index < -0.39 is 6.10 Å². The Morgan fingerprint density at radius 2 is 0.526 bits per heavy atom. The van der Waals surface area contributed by atoms with Gasteiger partial charge in [-0.05, 0) is 77.0 Å². The number of hydrogen-bond acceptors (Lipinski definition) is 6. The maximum absolute atomic E-state index is 12.8. The molecule has 0 aliphatic rings. The molecule has 0 amide bonds. The molecule has 0 aromatic rings. The maximum atomic E-state index is 12.8. The van der Waals surface area contributed by atoms with Crippen LogP contribution in [0.15, 0.2) is 60.8 Å². The fraction of sp³-hybridized carbons (Fsp3) is 0.814. The molecule has 6 heteroatoms. The fourth-order valence-corrected chi connectivity index (χ4v) is 9.77. The lowest BCUT2D eigenvalue weighted by atomic mass is 10.0. The van der Waals surface area contributed by atoms with Gasteiger partial charge >= 0.3 is 17.9 Å². The summed E-state index contributed by atoms with van der Waals surface area (Å²) >= 11 is 0. The van der Waals surface area contributed by atoms with Crippen molar-refractivity contribution < 1.29 is 28.6 Å². The van der Waals surface area contributed by atoms with Gasteiger partial charge in [0.2, 0.25) is 0 Å². The molecule has 0 heterocycles. The Labute approximate surface area is 472 Å². The zero-order chi connectivity index (χ0) is 55.0. The molecular formula is C70H126O6. The second-order valence-corrected chi connectivity index (χ2v) is 22.4. The summed E-state index contributed by atoms with van der Waals surface area (Å²) in [6.07, 6.45) is 82.7. The minimum Gasteiger partial charge on any atom is -0.462 e. The molecule has 0 fully saturated rings. The number of rotatable bonds is 61. The summed E-state index contributed by atoms with van der Waals surface area (Å²) in [5.41, 5.74) is 0. The number of ether oxygens (including phenoxy) is 3. The van der Waals surface area contributed by atoms with Gasteiger partial charge in [-0.25, -0.2) is 0 Å². The molecular weight excluding hydrogens is 937 g/mol. The van der Waals surface area contributed by atoms with Gasteiger partial charge in [0.1, 0.15) is 13.2 Å². The third-order valence-corrected chi connectivity index (χ3v) is 14.8. The van der Waals surface area contributed by atoms with Crippen LogP contribution in [0.4, 0.5) is 0 Å². The number of carbonyl (C=O) groups is 3. The van der Waals surface area contributed by atoms with Crippen molar-refractivity contribution in [3.05, 3.63) is 60.8 Å². The number of unbranched alkanes of at least 4 members (excludes halogenated alkanes) is 40. The molecule has 0 spiro atoms. The smallest absolute Gasteiger partial charge is 0.306 e. The Bertz CT molecular complexity index is 1360. The molecule has 0 aromatic carbocycles. The summed E-state index contributed by atoms with van der Waals surface area (Å²) in [6, 6.07) is 0. The van der Waals surface area contributed by atoms with Crippen LogP contribution in [0.3, 0.4) is 0 Å². The largest absolute Gasteiger partial charge is 0.462 e. The second-order valence-electron chi connectivity index (χ2n) is 22.4. The Morgan fingerprint density at radius 1 is 0.276 bits per heavy atom. The average Bonchev–Trinajstić information content (AvgIpc) is 3.42. The summed E-state index contributed by atoms with van der Waals surface area (Å²) in [5.74, 6) is -0.862. The number of carbonyl (C=O) groups excluding carboxylic acids is 3. The minimum atomic E-state index is -0.771. The van der Waals surface area contributed by atoms with Gasteiger partial charge in [-0.1, -0.05) is 313 Å². The highest BCUT2D eigenvalue weighted by molar-refractivity contribution is 5.71. The average molecular weight is 1060 g/mol. The topological polar surface area (TPSA) is 78.9 Å². The number of hydrogen-bond donors (Lipinski definition) is 0. The van der Waals surface area contributed by atoms with E-state index in [0.717, 1.165) is 89.9 Å². The first-order chi connectivity index (χ1) is 37.5. The zero-order valence-electron chi connectivity index (χ0n) is 50.8. The fourth-order valence-electron chi connectivity index (χ4n) is 9.77. The summed E-state index contributed by atoms with van der Waals surface area (Å²) in [6.45, 7) is 6.52. The van der Waals surface area contributed by atoms with Gasteiger partial charge in [0.25, 0.3) is 0 Å². The van der Waals surface area contributed by atoms with Crippen molar-refractivity contribution in [2.75, 3.05) is 13.2 Å². The van der Waals surface area contributed by atoms with Crippen LogP contribution in [0.1, 0.15) is 348 Å². The molecule has 0 N–H and O–H groups in total. The molecule has 0 saturated carbocycles. The van der Waals surface area contributed by atoms with Gasteiger partial charge < -0.3 is 14.2 Å². The normalized spacial score (nSPS) is 12.4. The van der Waals surface area contributed by atoms with E-state index >= 15 is 0 Å². The predicted molar refractivity (Wildman–Crippen MR) is 330 cm³/mol. The van der Waals surface area contributed by atoms with Crippen LogP contribution < -0.4 is 0 Å². The maximum Gasteiger partial charge on any atom is 0.306 e. The van der Waals surface area contributed by atoms with Gasteiger partial charge in [0.15, 0.2) is 6.10 Å². The Morgan fingerprint density at radius 3 is 0.855 bits per heavy atom. The Hall–Kier alpha value is -2.89. The molecule has 6 nitrogen and oxygen atoms in total. The summed E-state index contributed by atoms with van der Waals surface area (Å²) in [7, 11) is 0. The predicted octanol–water partition coefficient (Wildman–Crippen LogP) is 22.7. The molecule has 76 heavy (non-hydrogen) atoms. The number of allylic oxidation sites excluding steroid dienone is 10. The Balaban J connectivity index is 3.98. The van der Waals surface area contributed by atoms with Crippen molar-refractivity contribution in [1.29, 1.82) is 0 Å². The van der Waals surface area contributed by atoms with Gasteiger partial charge in [0.05, 0.1) is 0 Å². The highest BCUT2D eigenvalue weighted by Gasteiger charge is 2.19. The van der Waals surface area contributed by atoms with Crippen LogP contribution in [0.25, 0.3) is 0 Å². The van der Waals surface area contributed by atoms with Gasteiger partial charge in [0, 0.05) is 19.3 Å². The van der Waals surface area contributed by atoms with E-state index in [0.29, 0.717) is 19.3 Å². The summed E-state index contributed by atoms with van der Waals surface area (Å²) in [4.78, 5) is 38.1. The molecule has 1 unspecified atom stereocenters. The van der Waals surface area contributed by atoms with Crippen LogP contribution in [0.2, 0.25) is 0 Å². The van der Waals surface area contributed by atoms with E-state index in [-0.39, 0.29) is 31.1 Å². The molecule has 442 valence electrons. The van der Waals surface area contributed by atoms with Crippen LogP contribution in [-0.2, 0) is 28.6 Å². The van der Waals surface area contributed by atoms with Crippen LogP contribution in [0, 0.1) is 0 Å². The SMILES string of the molecule is CC/C=C\C/C=C\C/C=C\C/C=C\CCCCCCCCCCCCCCCCCCCCCCCCC(=O)OCC(COC(=O)CCCCCCC/C=C\CCCC)OC(=O)CCCCCCCCCCCCCC. The Kier molecular flexibility index (Phi) is 62.2. The van der Waals surface area contributed by atoms with Crippen molar-refractivity contribution >= 4 is 17.9 Å². The molecule has 1 atom stereocenters. The van der Waals surface area contributed by atoms with E-state index in [1.54, 1.807) is 0 Å². The summed E-state index contributed by atoms with van der Waals surface area (Å²) < 4.78 is 16.9. The first-order valence-corrected chi connectivity index (χ1v) is 33.3. The number of esters is 3. The molecule has 0 aliphatic heterocycles. The third kappa shape index (κ3) is 62.0. The summed E-state index contributed by atoms with van der Waals surface area (Å²) in [5, 5.41) is 0. The second kappa shape index (κ2) is 64.6. The molecule has 0 saturated heterocycles. The van der Waals surface area contributed by atoms with E-state index in [4.69, 9.17) is 14.2 Å². The van der Waals surface area contributed by atoms with E-state index in [1.807, 2.05) is 0 Å². The zero-order valence-corrected chi connectivity index (χ0v) is 50.8. The first-order valence-electron chi connectivity index (χ1n) is 33.3. The lowest BCUT2D eigenvalue weighted by molar-refractivity contribution is -0.167. The van der Waals surface area contributed by atoms with Crippen LogP contribution in [-0.4, -0.2) is 37.2 Å². The molecule has 0 rings (SSSR count). The lowest BCUT2D eigenvalue weighted by Crippen LogP contribution is -2.30. The van der Waals surface area contributed by atoms with Gasteiger partial charge in [-0.3, -0.25) is 14.4 Å². The van der Waals surface area contributed by atoms with Crippen molar-refractivity contribution in [2.24, 2.45) is 0 Å². The molecule has 0 aromatic heterocycles. The van der Waals surface area contributed by atoms with E-state index in [1.165, 1.54) is 218 Å². The van der Waals surface area contributed by atoms with Gasteiger partial charge in [-0.15, -0.1) is 0 Å². The van der Waals surface area contributed by atoms with Crippen molar-refractivity contribution in [3.63, 3.8) is 0 Å². The molecule has 0 bridgehead atoms. The first kappa shape index (κ1) is 73.1. The van der Waals surface area contributed by atoms with Crippen LogP contribution in [0.5, 0.6) is 0 Å². The highest BCUT2D eigenvalue weighted by atomic mass is 16.6. The highest BCUT2D eigenvalue weighted by Crippen LogP contribution is 2.18. The van der Waals surface area contributed by atoms with Crippen LogP contribution >= 0.6 is 0 Å². The standard InChI is InChI=1S/C70H126O6/c1-4-7-10-13-16-19-22-24-25-26-27-28-29-30-31-32-33-34-35-36-37-38-39-40-41-42-43-44-45-46-49-51-54-57-60-63-69(72)75-66-67(65-74-68(71)62-59-56-53-50-47-21-18-15-12-9-6-3)76-70(73)64-61-58-55-52-48-23-20-17-14-11-8-5-2/h7,10,15-16,18-19,24-25,27-28,67H,4-6,8-9,11-14,17,20-23,26,29-66H2,1-3H3/b10-7-,18-15-,19-16-,25-24-,28-27-. The molecule has 0 radical (unpaired) electrons. The monoisotopic (exact) mass is 1060 g/mol. The minimum absolute atomic E-state index is 0.0704. The third-order valence-electron chi connectivity index (χ3n) is 14.8. The van der Waals surface area contributed by atoms with Gasteiger partial charge in [-0.2, -0.15) is 0 Å². The van der Waals surface area contributed by atoms with Crippen molar-refractivity contribution in [1.82, 2.24) is 0 Å². The van der Waals surface area contributed by atoms with E-state index in [2.05, 4.69) is 81.5 Å². The van der Waals surface area contributed by atoms with E-state index in [9.17, 15) is 14.4 Å². The van der Waals surface area contributed by atoms with Crippen molar-refractivity contribution in [2.45, 2.75) is 354 Å². The quantitative estimate of drug-likeness (QED) is 0.0261. The lowest BCUT2D eigenvalue weighted by Gasteiger charge is -2.18. The van der Waals surface area contributed by atoms with Crippen molar-refractivity contribution in [3.8, 4) is 0 Å². The molecule has 0 aliphatic carbocycles.